The van der Waals surface area contributed by atoms with Gasteiger partial charge in [-0.3, -0.25) is 4.68 Å². The zero-order chi connectivity index (χ0) is 17.4. The van der Waals surface area contributed by atoms with Gasteiger partial charge in [0.1, 0.15) is 12.0 Å². The highest BCUT2D eigenvalue weighted by molar-refractivity contribution is 5.89. The first-order valence-corrected chi connectivity index (χ1v) is 8.24. The van der Waals surface area contributed by atoms with Crippen LogP contribution in [0.25, 0.3) is 22.3 Å². The third-order valence-corrected chi connectivity index (χ3v) is 4.99. The Hall–Kier alpha value is -2.76. The molecular formula is C17H18N6O2. The Morgan fingerprint density at radius 2 is 2.24 bits per heavy atom. The number of hydrogen-bond donors (Lipinski definition) is 3. The van der Waals surface area contributed by atoms with Crippen molar-refractivity contribution in [3.05, 3.63) is 31.0 Å². The molecule has 0 aromatic carbocycles. The third kappa shape index (κ3) is 2.67. The molecule has 8 nitrogen and oxygen atoms in total. The largest absolute Gasteiger partial charge is 0.390 e. The van der Waals surface area contributed by atoms with Crippen LogP contribution in [0.4, 0.5) is 0 Å². The van der Waals surface area contributed by atoms with E-state index in [1.165, 1.54) is 6.33 Å². The maximum Gasteiger partial charge on any atom is 0.141 e. The summed E-state index contributed by atoms with van der Waals surface area (Å²) in [6, 6.07) is 3.79. The Balaban J connectivity index is 1.69. The molecule has 3 N–H and O–H groups in total. The van der Waals surface area contributed by atoms with Crippen LogP contribution in [0.2, 0.25) is 0 Å². The van der Waals surface area contributed by atoms with E-state index in [4.69, 9.17) is 0 Å². The van der Waals surface area contributed by atoms with Gasteiger partial charge in [0.2, 0.25) is 0 Å². The molecule has 3 aromatic heterocycles. The zero-order valence-corrected chi connectivity index (χ0v) is 13.4. The van der Waals surface area contributed by atoms with Crippen molar-refractivity contribution in [1.29, 1.82) is 5.26 Å². The predicted octanol–water partition coefficient (Wildman–Crippen LogP) is 1.41. The van der Waals surface area contributed by atoms with Crippen LogP contribution in [-0.4, -0.2) is 47.2 Å². The number of aromatic amines is 1. The van der Waals surface area contributed by atoms with Crippen molar-refractivity contribution in [2.24, 2.45) is 5.92 Å². The van der Waals surface area contributed by atoms with Crippen LogP contribution in [0.1, 0.15) is 25.3 Å². The molecule has 3 aromatic rings. The molecule has 0 amide bonds. The standard InChI is InChI=1S/C17H18N6O2/c18-5-3-13(11-1-2-14(24)16(11)25)23-8-10(7-22-23)15-12-4-6-19-17(12)21-9-20-15/h4,6-9,11,13-14,16,24-25H,1-3H2,(H,19,20,21). The molecule has 1 fully saturated rings. The number of aliphatic hydroxyl groups excluding tert-OH is 2. The molecule has 1 saturated carbocycles. The number of rotatable bonds is 4. The van der Waals surface area contributed by atoms with Gasteiger partial charge in [-0.05, 0) is 18.9 Å². The molecule has 0 aliphatic heterocycles. The smallest absolute Gasteiger partial charge is 0.141 e. The van der Waals surface area contributed by atoms with E-state index in [1.54, 1.807) is 10.9 Å². The van der Waals surface area contributed by atoms with E-state index in [-0.39, 0.29) is 18.4 Å². The summed E-state index contributed by atoms with van der Waals surface area (Å²) in [6.45, 7) is 0. The van der Waals surface area contributed by atoms with Crippen LogP contribution in [0.15, 0.2) is 31.0 Å². The van der Waals surface area contributed by atoms with E-state index in [1.807, 2.05) is 18.5 Å². The van der Waals surface area contributed by atoms with Crippen molar-refractivity contribution < 1.29 is 10.2 Å². The normalized spacial score (nSPS) is 24.4. The van der Waals surface area contributed by atoms with Gasteiger partial charge in [-0.15, -0.1) is 0 Å². The zero-order valence-electron chi connectivity index (χ0n) is 13.4. The Labute approximate surface area is 143 Å². The van der Waals surface area contributed by atoms with Gasteiger partial charge >= 0.3 is 0 Å². The van der Waals surface area contributed by atoms with Crippen molar-refractivity contribution in [2.45, 2.75) is 37.5 Å². The second-order valence-corrected chi connectivity index (χ2v) is 6.40. The second-order valence-electron chi connectivity index (χ2n) is 6.40. The van der Waals surface area contributed by atoms with E-state index in [0.29, 0.717) is 12.8 Å². The van der Waals surface area contributed by atoms with Gasteiger partial charge in [0.15, 0.2) is 0 Å². The highest BCUT2D eigenvalue weighted by atomic mass is 16.3. The van der Waals surface area contributed by atoms with Gasteiger partial charge in [-0.25, -0.2) is 9.97 Å². The van der Waals surface area contributed by atoms with E-state index in [0.717, 1.165) is 22.3 Å². The monoisotopic (exact) mass is 338 g/mol. The lowest BCUT2D eigenvalue weighted by molar-refractivity contribution is 0.00684. The lowest BCUT2D eigenvalue weighted by Gasteiger charge is -2.25. The number of H-pyrrole nitrogens is 1. The minimum Gasteiger partial charge on any atom is -0.390 e. The number of hydrogen-bond acceptors (Lipinski definition) is 6. The van der Waals surface area contributed by atoms with Crippen LogP contribution in [0.3, 0.4) is 0 Å². The highest BCUT2D eigenvalue weighted by Gasteiger charge is 2.39. The van der Waals surface area contributed by atoms with Gasteiger partial charge in [-0.2, -0.15) is 10.4 Å². The van der Waals surface area contributed by atoms with Crippen molar-refractivity contribution in [1.82, 2.24) is 24.7 Å². The molecule has 4 rings (SSSR count). The van der Waals surface area contributed by atoms with Gasteiger partial charge in [0.25, 0.3) is 0 Å². The fourth-order valence-electron chi connectivity index (χ4n) is 3.69. The van der Waals surface area contributed by atoms with Crippen molar-refractivity contribution >= 4 is 11.0 Å². The quantitative estimate of drug-likeness (QED) is 0.661. The third-order valence-electron chi connectivity index (χ3n) is 4.99. The van der Waals surface area contributed by atoms with Crippen LogP contribution >= 0.6 is 0 Å². The first-order valence-electron chi connectivity index (χ1n) is 8.24. The predicted molar refractivity (Wildman–Crippen MR) is 89.1 cm³/mol. The number of fused-ring (bicyclic) bond motifs is 1. The molecule has 128 valence electrons. The fraction of sp³-hybridized carbons (Fsp3) is 0.412. The average molecular weight is 338 g/mol. The molecule has 0 spiro atoms. The molecule has 0 saturated heterocycles. The highest BCUT2D eigenvalue weighted by Crippen LogP contribution is 2.37. The molecule has 3 heterocycles. The van der Waals surface area contributed by atoms with Crippen molar-refractivity contribution in [3.63, 3.8) is 0 Å². The van der Waals surface area contributed by atoms with E-state index < -0.39 is 12.2 Å². The minimum absolute atomic E-state index is 0.194. The first-order chi connectivity index (χ1) is 12.2. The molecule has 1 aliphatic carbocycles. The van der Waals surface area contributed by atoms with Crippen molar-refractivity contribution in [3.8, 4) is 17.3 Å². The van der Waals surface area contributed by atoms with Crippen LogP contribution in [0, 0.1) is 17.2 Å². The summed E-state index contributed by atoms with van der Waals surface area (Å²) in [5, 5.41) is 34.6. The summed E-state index contributed by atoms with van der Waals surface area (Å²) in [4.78, 5) is 11.6. The van der Waals surface area contributed by atoms with E-state index >= 15 is 0 Å². The molecule has 0 bridgehead atoms. The molecule has 25 heavy (non-hydrogen) atoms. The number of nitrogens with zero attached hydrogens (tertiary/aromatic N) is 5. The summed E-state index contributed by atoms with van der Waals surface area (Å²) < 4.78 is 1.71. The molecule has 8 heteroatoms. The average Bonchev–Trinajstić information content (AvgIpc) is 3.34. The summed E-state index contributed by atoms with van der Waals surface area (Å²) in [5.41, 5.74) is 2.34. The molecule has 4 atom stereocenters. The van der Waals surface area contributed by atoms with Gasteiger partial charge in [-0.1, -0.05) is 0 Å². The maximum atomic E-state index is 10.2. The Bertz CT molecular complexity index is 927. The maximum absolute atomic E-state index is 10.2. The van der Waals surface area contributed by atoms with Crippen LogP contribution in [-0.2, 0) is 0 Å². The van der Waals surface area contributed by atoms with E-state index in [9.17, 15) is 15.5 Å². The summed E-state index contributed by atoms with van der Waals surface area (Å²) in [6.07, 6.45) is 6.71. The lowest BCUT2D eigenvalue weighted by atomic mass is 9.93. The number of aromatic nitrogens is 5. The second kappa shape index (κ2) is 6.27. The molecular weight excluding hydrogens is 320 g/mol. The number of nitrogens with one attached hydrogen (secondary N) is 1. The number of nitriles is 1. The Kier molecular flexibility index (Phi) is 3.95. The fourth-order valence-corrected chi connectivity index (χ4v) is 3.69. The SMILES string of the molecule is N#CCC(C1CCC(O)C1O)n1cc(-c2ncnc3[nH]ccc23)cn1. The molecule has 0 radical (unpaired) electrons. The molecule has 4 unspecified atom stereocenters. The Morgan fingerprint density at radius 3 is 3.00 bits per heavy atom. The van der Waals surface area contributed by atoms with Gasteiger partial charge in [0.05, 0.1) is 42.6 Å². The van der Waals surface area contributed by atoms with E-state index in [2.05, 4.69) is 26.1 Å². The molecule has 1 aliphatic rings. The van der Waals surface area contributed by atoms with Crippen LogP contribution < -0.4 is 0 Å². The number of aliphatic hydroxyl groups is 2. The topological polar surface area (TPSA) is 124 Å². The summed E-state index contributed by atoms with van der Waals surface area (Å²) in [5.74, 6) is -0.194. The first kappa shape index (κ1) is 15.7. The summed E-state index contributed by atoms with van der Waals surface area (Å²) >= 11 is 0. The van der Waals surface area contributed by atoms with Gasteiger partial charge < -0.3 is 15.2 Å². The summed E-state index contributed by atoms with van der Waals surface area (Å²) in [7, 11) is 0. The Morgan fingerprint density at radius 1 is 1.36 bits per heavy atom. The van der Waals surface area contributed by atoms with Crippen molar-refractivity contribution in [2.75, 3.05) is 0 Å². The minimum atomic E-state index is -0.832. The van der Waals surface area contributed by atoms with Crippen LogP contribution in [0.5, 0.6) is 0 Å². The van der Waals surface area contributed by atoms with Gasteiger partial charge in [0, 0.05) is 29.3 Å². The lowest BCUT2D eigenvalue weighted by Crippen LogP contribution is -2.31.